The van der Waals surface area contributed by atoms with Crippen LogP contribution in [0.4, 0.5) is 0 Å². The van der Waals surface area contributed by atoms with Crippen molar-refractivity contribution in [2.75, 3.05) is 13.2 Å². The molecule has 0 bridgehead atoms. The van der Waals surface area contributed by atoms with Gasteiger partial charge in [0.2, 0.25) is 0 Å². The summed E-state index contributed by atoms with van der Waals surface area (Å²) >= 11 is 0. The quantitative estimate of drug-likeness (QED) is 0.134. The molecule has 0 saturated carbocycles. The molecule has 2 rings (SSSR count). The van der Waals surface area contributed by atoms with E-state index in [4.69, 9.17) is 14.6 Å². The molecule has 0 unspecified atom stereocenters. The minimum atomic E-state index is -1.12. The molecule has 0 spiro atoms. The smallest absolute Gasteiger partial charge is 0.341 e. The summed E-state index contributed by atoms with van der Waals surface area (Å²) in [5.74, 6) is -0.694. The van der Waals surface area contributed by atoms with Gasteiger partial charge < -0.3 is 14.6 Å². The summed E-state index contributed by atoms with van der Waals surface area (Å²) in [4.78, 5) is 23.8. The number of hydrogen-bond acceptors (Lipinski definition) is 4. The maximum Gasteiger partial charge on any atom is 0.341 e. The molecule has 1 N–H and O–H groups in total. The van der Waals surface area contributed by atoms with Crippen molar-refractivity contribution in [2.45, 2.75) is 59.3 Å². The fourth-order valence-electron chi connectivity index (χ4n) is 3.35. The lowest BCUT2D eigenvalue weighted by Gasteiger charge is -2.11. The zero-order chi connectivity index (χ0) is 24.8. The zero-order valence-corrected chi connectivity index (χ0v) is 20.5. The van der Waals surface area contributed by atoms with Crippen molar-refractivity contribution in [3.8, 4) is 11.5 Å². The summed E-state index contributed by atoms with van der Waals surface area (Å²) < 4.78 is 11.0. The lowest BCUT2D eigenvalue weighted by atomic mass is 10.0. The number of benzene rings is 2. The fourth-order valence-corrected chi connectivity index (χ4v) is 3.35. The molecule has 2 aromatic rings. The second-order valence-electron chi connectivity index (χ2n) is 8.54. The lowest BCUT2D eigenvalue weighted by Crippen LogP contribution is -2.12. The first-order valence-electron chi connectivity index (χ1n) is 11.9. The third-order valence-electron chi connectivity index (χ3n) is 5.29. The standard InChI is InChI=1S/C29H36O5/c1-4-5-6-7-8-9-23-10-12-24(13-11-23)14-17-27(30)26-16-15-25(33-19-18-22(2)3)20-28(26)34-21-29(31)32/h10-18,20H,4-9,19,21H2,1-3H3,(H,31,32). The maximum atomic E-state index is 12.8. The highest BCUT2D eigenvalue weighted by atomic mass is 16.5. The van der Waals surface area contributed by atoms with Gasteiger partial charge in [-0.25, -0.2) is 4.79 Å². The molecule has 0 aliphatic rings. The number of aryl methyl sites for hydroxylation is 1. The topological polar surface area (TPSA) is 72.8 Å². The van der Waals surface area contributed by atoms with E-state index in [1.165, 1.54) is 43.7 Å². The van der Waals surface area contributed by atoms with Crippen LogP contribution in [0.1, 0.15) is 74.4 Å². The van der Waals surface area contributed by atoms with E-state index in [1.807, 2.05) is 32.1 Å². The predicted octanol–water partition coefficient (Wildman–Crippen LogP) is 6.90. The molecule has 5 heteroatoms. The zero-order valence-electron chi connectivity index (χ0n) is 20.5. The Balaban J connectivity index is 2.04. The summed E-state index contributed by atoms with van der Waals surface area (Å²) in [6.07, 6.45) is 12.5. The Morgan fingerprint density at radius 2 is 1.68 bits per heavy atom. The molecule has 0 saturated heterocycles. The van der Waals surface area contributed by atoms with E-state index in [-0.39, 0.29) is 17.1 Å². The highest BCUT2D eigenvalue weighted by Crippen LogP contribution is 2.26. The summed E-state index contributed by atoms with van der Waals surface area (Å²) in [6.45, 7) is 6.00. The number of allylic oxidation sites excluding steroid dienone is 2. The van der Waals surface area contributed by atoms with Crippen LogP contribution in [0.3, 0.4) is 0 Å². The molecule has 0 atom stereocenters. The van der Waals surface area contributed by atoms with Crippen molar-refractivity contribution in [1.82, 2.24) is 0 Å². The van der Waals surface area contributed by atoms with E-state index in [0.717, 1.165) is 17.6 Å². The van der Waals surface area contributed by atoms with Gasteiger partial charge in [-0.15, -0.1) is 0 Å². The van der Waals surface area contributed by atoms with Crippen LogP contribution in [0.2, 0.25) is 0 Å². The molecule has 0 fully saturated rings. The van der Waals surface area contributed by atoms with Crippen LogP contribution >= 0.6 is 0 Å². The van der Waals surface area contributed by atoms with Gasteiger partial charge in [0, 0.05) is 6.07 Å². The van der Waals surface area contributed by atoms with Crippen LogP contribution in [-0.4, -0.2) is 30.1 Å². The summed E-state index contributed by atoms with van der Waals surface area (Å²) in [5.41, 5.74) is 3.64. The molecule has 5 nitrogen and oxygen atoms in total. The molecule has 0 amide bonds. The van der Waals surface area contributed by atoms with Gasteiger partial charge in [0.25, 0.3) is 0 Å². The molecule has 0 aliphatic carbocycles. The molecule has 0 radical (unpaired) electrons. The van der Waals surface area contributed by atoms with E-state index >= 15 is 0 Å². The summed E-state index contributed by atoms with van der Waals surface area (Å²) in [7, 11) is 0. The van der Waals surface area contributed by atoms with Crippen molar-refractivity contribution in [1.29, 1.82) is 0 Å². The van der Waals surface area contributed by atoms with E-state index in [0.29, 0.717) is 12.4 Å². The molecule has 0 aromatic heterocycles. The average Bonchev–Trinajstić information content (AvgIpc) is 2.81. The average molecular weight is 465 g/mol. The SMILES string of the molecule is CCCCCCCc1ccc(C=CC(=O)c2ccc(OCC=C(C)C)cc2OCC(=O)O)cc1. The van der Waals surface area contributed by atoms with E-state index in [2.05, 4.69) is 19.1 Å². The molecule has 182 valence electrons. The minimum absolute atomic E-state index is 0.185. The number of aliphatic carboxylic acids is 1. The molecule has 0 aliphatic heterocycles. The Morgan fingerprint density at radius 3 is 2.35 bits per heavy atom. The summed E-state index contributed by atoms with van der Waals surface area (Å²) in [6, 6.07) is 13.1. The second kappa shape index (κ2) is 14.7. The number of carboxylic acid groups (broad SMARTS) is 1. The summed E-state index contributed by atoms with van der Waals surface area (Å²) in [5, 5.41) is 8.98. The number of unbranched alkanes of at least 4 members (excludes halogenated alkanes) is 4. The van der Waals surface area contributed by atoms with Gasteiger partial charge >= 0.3 is 5.97 Å². The van der Waals surface area contributed by atoms with E-state index in [1.54, 1.807) is 24.3 Å². The van der Waals surface area contributed by atoms with Gasteiger partial charge in [-0.1, -0.05) is 68.5 Å². The fraction of sp³-hybridized carbons (Fsp3) is 0.379. The highest BCUT2D eigenvalue weighted by molar-refractivity contribution is 6.08. The van der Waals surface area contributed by atoms with Crippen LogP contribution in [-0.2, 0) is 11.2 Å². The predicted molar refractivity (Wildman–Crippen MR) is 137 cm³/mol. The van der Waals surface area contributed by atoms with Gasteiger partial charge in [-0.05, 0) is 62.1 Å². The van der Waals surface area contributed by atoms with Gasteiger partial charge in [0.15, 0.2) is 12.4 Å². The Kier molecular flexibility index (Phi) is 11.7. The number of carbonyl (C=O) groups excluding carboxylic acids is 1. The van der Waals surface area contributed by atoms with Gasteiger partial charge in [0.1, 0.15) is 18.1 Å². The Hall–Kier alpha value is -3.34. The second-order valence-corrected chi connectivity index (χ2v) is 8.54. The number of ketones is 1. The molecular weight excluding hydrogens is 428 g/mol. The minimum Gasteiger partial charge on any atom is -0.489 e. The van der Waals surface area contributed by atoms with Crippen molar-refractivity contribution in [2.24, 2.45) is 0 Å². The van der Waals surface area contributed by atoms with Crippen molar-refractivity contribution in [3.05, 3.63) is 76.9 Å². The van der Waals surface area contributed by atoms with Gasteiger partial charge in [0.05, 0.1) is 5.56 Å². The van der Waals surface area contributed by atoms with Crippen molar-refractivity contribution in [3.63, 3.8) is 0 Å². The largest absolute Gasteiger partial charge is 0.489 e. The van der Waals surface area contributed by atoms with Crippen molar-refractivity contribution < 1.29 is 24.2 Å². The van der Waals surface area contributed by atoms with Crippen LogP contribution in [0.5, 0.6) is 11.5 Å². The third kappa shape index (κ3) is 10.1. The van der Waals surface area contributed by atoms with Gasteiger partial charge in [-0.2, -0.15) is 0 Å². The van der Waals surface area contributed by atoms with E-state index in [9.17, 15) is 9.59 Å². The number of rotatable bonds is 15. The normalized spacial score (nSPS) is 10.8. The highest BCUT2D eigenvalue weighted by Gasteiger charge is 2.13. The number of carbonyl (C=O) groups is 2. The van der Waals surface area contributed by atoms with Crippen LogP contribution in [0.15, 0.2) is 60.2 Å². The van der Waals surface area contributed by atoms with Crippen molar-refractivity contribution >= 4 is 17.8 Å². The molecular formula is C29H36O5. The maximum absolute atomic E-state index is 12.8. The van der Waals surface area contributed by atoms with Crippen LogP contribution in [0, 0.1) is 0 Å². The monoisotopic (exact) mass is 464 g/mol. The molecule has 0 heterocycles. The number of ether oxygens (including phenoxy) is 2. The van der Waals surface area contributed by atoms with Crippen LogP contribution < -0.4 is 9.47 Å². The number of hydrogen-bond donors (Lipinski definition) is 1. The van der Waals surface area contributed by atoms with E-state index < -0.39 is 12.6 Å². The first kappa shape index (κ1) is 26.9. The van der Waals surface area contributed by atoms with Crippen LogP contribution in [0.25, 0.3) is 6.08 Å². The van der Waals surface area contributed by atoms with Gasteiger partial charge in [-0.3, -0.25) is 4.79 Å². The Morgan fingerprint density at radius 1 is 0.941 bits per heavy atom. The molecule has 34 heavy (non-hydrogen) atoms. The molecule has 2 aromatic carbocycles. The Bertz CT molecular complexity index is 982. The number of carboxylic acids is 1. The Labute approximate surface area is 203 Å². The third-order valence-corrected chi connectivity index (χ3v) is 5.29. The lowest BCUT2D eigenvalue weighted by molar-refractivity contribution is -0.139. The first-order valence-corrected chi connectivity index (χ1v) is 11.9. The first-order chi connectivity index (χ1) is 16.4.